The van der Waals surface area contributed by atoms with Gasteiger partial charge in [-0.2, -0.15) is 8.78 Å². The predicted octanol–water partition coefficient (Wildman–Crippen LogP) is 1.38. The van der Waals surface area contributed by atoms with Crippen molar-refractivity contribution < 1.29 is 23.4 Å². The lowest BCUT2D eigenvalue weighted by Gasteiger charge is -2.31. The first-order valence-corrected chi connectivity index (χ1v) is 5.81. The van der Waals surface area contributed by atoms with Crippen LogP contribution in [0.15, 0.2) is 12.4 Å². The molecule has 1 aromatic rings. The summed E-state index contributed by atoms with van der Waals surface area (Å²) in [5.74, 6) is -1.54. The highest BCUT2D eigenvalue weighted by Gasteiger charge is 2.28. The molecule has 2 heterocycles. The molecule has 104 valence electrons. The number of anilines is 1. The van der Waals surface area contributed by atoms with Crippen LogP contribution < -0.4 is 9.64 Å². The molecular formula is C11H13F2N3O3. The molecule has 6 nitrogen and oxygen atoms in total. The summed E-state index contributed by atoms with van der Waals surface area (Å²) in [6, 6.07) is 0. The van der Waals surface area contributed by atoms with Crippen molar-refractivity contribution in [2.75, 3.05) is 18.0 Å². The summed E-state index contributed by atoms with van der Waals surface area (Å²) in [4.78, 5) is 20.3. The van der Waals surface area contributed by atoms with Crippen molar-refractivity contribution in [2.24, 2.45) is 5.92 Å². The third kappa shape index (κ3) is 3.27. The van der Waals surface area contributed by atoms with Crippen LogP contribution in [0.4, 0.5) is 14.6 Å². The normalized spacial score (nSPS) is 19.5. The summed E-state index contributed by atoms with van der Waals surface area (Å²) in [6.07, 6.45) is 3.83. The standard InChI is InChI=1S/C11H13F2N3O3/c12-11(13)19-9-8(14-3-4-15-9)16-5-1-2-7(6-16)10(17)18/h3-4,7,11H,1-2,5-6H2,(H,17,18). The summed E-state index contributed by atoms with van der Waals surface area (Å²) in [5.41, 5.74) is 0. The lowest BCUT2D eigenvalue weighted by atomic mass is 9.98. The molecule has 19 heavy (non-hydrogen) atoms. The number of rotatable bonds is 4. The zero-order valence-electron chi connectivity index (χ0n) is 10.00. The van der Waals surface area contributed by atoms with Gasteiger partial charge in [0.2, 0.25) is 0 Å². The Hall–Kier alpha value is -1.99. The number of carbonyl (C=O) groups is 1. The van der Waals surface area contributed by atoms with E-state index < -0.39 is 18.5 Å². The molecule has 0 aliphatic carbocycles. The van der Waals surface area contributed by atoms with Crippen LogP contribution in [0.25, 0.3) is 0 Å². The first-order chi connectivity index (χ1) is 9.08. The predicted molar refractivity (Wildman–Crippen MR) is 61.2 cm³/mol. The van der Waals surface area contributed by atoms with Crippen molar-refractivity contribution in [3.63, 3.8) is 0 Å². The van der Waals surface area contributed by atoms with Crippen LogP contribution >= 0.6 is 0 Å². The minimum absolute atomic E-state index is 0.161. The van der Waals surface area contributed by atoms with E-state index in [1.165, 1.54) is 12.4 Å². The largest absolute Gasteiger partial charge is 0.481 e. The second kappa shape index (κ2) is 5.77. The van der Waals surface area contributed by atoms with Gasteiger partial charge < -0.3 is 14.7 Å². The van der Waals surface area contributed by atoms with Gasteiger partial charge in [0.05, 0.1) is 5.92 Å². The number of nitrogens with zero attached hydrogens (tertiary/aromatic N) is 3. The molecule has 0 bridgehead atoms. The number of alkyl halides is 2. The van der Waals surface area contributed by atoms with Crippen molar-refractivity contribution in [3.8, 4) is 5.88 Å². The van der Waals surface area contributed by atoms with E-state index in [9.17, 15) is 13.6 Å². The van der Waals surface area contributed by atoms with E-state index in [-0.39, 0.29) is 18.2 Å². The summed E-state index contributed by atoms with van der Waals surface area (Å²) >= 11 is 0. The number of halogens is 2. The molecule has 1 unspecified atom stereocenters. The van der Waals surface area contributed by atoms with Gasteiger partial charge in [-0.3, -0.25) is 4.79 Å². The third-order valence-electron chi connectivity index (χ3n) is 2.92. The van der Waals surface area contributed by atoms with Crippen LogP contribution in [0.2, 0.25) is 0 Å². The molecule has 0 saturated carbocycles. The first kappa shape index (κ1) is 13.4. The Kier molecular flexibility index (Phi) is 4.08. The molecule has 8 heteroatoms. The molecule has 1 N–H and O–H groups in total. The minimum Gasteiger partial charge on any atom is -0.481 e. The Morgan fingerprint density at radius 1 is 1.47 bits per heavy atom. The van der Waals surface area contributed by atoms with Gasteiger partial charge in [0.1, 0.15) is 0 Å². The number of hydrogen-bond donors (Lipinski definition) is 1. The van der Waals surface area contributed by atoms with Gasteiger partial charge in [0.15, 0.2) is 5.82 Å². The molecule has 1 aliphatic heterocycles. The van der Waals surface area contributed by atoms with E-state index in [0.29, 0.717) is 19.4 Å². The third-order valence-corrected chi connectivity index (χ3v) is 2.92. The number of piperidine rings is 1. The van der Waals surface area contributed by atoms with Crippen LogP contribution in [-0.4, -0.2) is 40.7 Å². The highest BCUT2D eigenvalue weighted by atomic mass is 19.3. The summed E-state index contributed by atoms with van der Waals surface area (Å²) < 4.78 is 28.8. The van der Waals surface area contributed by atoms with Gasteiger partial charge in [-0.15, -0.1) is 0 Å². The molecule has 1 fully saturated rings. The van der Waals surface area contributed by atoms with Crippen LogP contribution in [0.1, 0.15) is 12.8 Å². The molecule has 0 radical (unpaired) electrons. The maximum atomic E-state index is 12.3. The average Bonchev–Trinajstić information content (AvgIpc) is 2.39. The lowest BCUT2D eigenvalue weighted by Crippen LogP contribution is -2.39. The Morgan fingerprint density at radius 2 is 2.21 bits per heavy atom. The van der Waals surface area contributed by atoms with Gasteiger partial charge in [-0.25, -0.2) is 9.97 Å². The fourth-order valence-electron chi connectivity index (χ4n) is 2.07. The van der Waals surface area contributed by atoms with Crippen molar-refractivity contribution in [1.82, 2.24) is 9.97 Å². The molecule has 1 atom stereocenters. The Bertz CT molecular complexity index is 459. The molecule has 0 aromatic carbocycles. The molecule has 2 rings (SSSR count). The van der Waals surface area contributed by atoms with Crippen LogP contribution in [0.5, 0.6) is 5.88 Å². The van der Waals surface area contributed by atoms with E-state index in [0.717, 1.165) is 0 Å². The molecule has 0 amide bonds. The van der Waals surface area contributed by atoms with Crippen molar-refractivity contribution in [3.05, 3.63) is 12.4 Å². The molecule has 0 spiro atoms. The van der Waals surface area contributed by atoms with Crippen molar-refractivity contribution >= 4 is 11.8 Å². The maximum Gasteiger partial charge on any atom is 0.388 e. The van der Waals surface area contributed by atoms with Crippen LogP contribution in [0, 0.1) is 5.92 Å². The van der Waals surface area contributed by atoms with Crippen LogP contribution in [-0.2, 0) is 4.79 Å². The number of aliphatic carboxylic acids is 1. The number of hydrogen-bond acceptors (Lipinski definition) is 5. The van der Waals surface area contributed by atoms with Gasteiger partial charge in [-0.05, 0) is 12.8 Å². The molecular weight excluding hydrogens is 260 g/mol. The fourth-order valence-corrected chi connectivity index (χ4v) is 2.07. The van der Waals surface area contributed by atoms with Gasteiger partial charge >= 0.3 is 12.6 Å². The summed E-state index contributed by atoms with van der Waals surface area (Å²) in [6.45, 7) is -2.23. The van der Waals surface area contributed by atoms with E-state index in [1.807, 2.05) is 0 Å². The van der Waals surface area contributed by atoms with E-state index in [2.05, 4.69) is 14.7 Å². The first-order valence-electron chi connectivity index (χ1n) is 5.81. The van der Waals surface area contributed by atoms with Crippen molar-refractivity contribution in [2.45, 2.75) is 19.5 Å². The Labute approximate surface area is 108 Å². The highest BCUT2D eigenvalue weighted by molar-refractivity contribution is 5.71. The topological polar surface area (TPSA) is 75.5 Å². The number of aromatic nitrogens is 2. The maximum absolute atomic E-state index is 12.3. The second-order valence-electron chi connectivity index (χ2n) is 4.19. The fraction of sp³-hybridized carbons (Fsp3) is 0.545. The lowest BCUT2D eigenvalue weighted by molar-refractivity contribution is -0.142. The monoisotopic (exact) mass is 273 g/mol. The van der Waals surface area contributed by atoms with E-state index >= 15 is 0 Å². The smallest absolute Gasteiger partial charge is 0.388 e. The highest BCUT2D eigenvalue weighted by Crippen LogP contribution is 2.28. The summed E-state index contributed by atoms with van der Waals surface area (Å²) in [7, 11) is 0. The Morgan fingerprint density at radius 3 is 2.89 bits per heavy atom. The molecule has 1 saturated heterocycles. The van der Waals surface area contributed by atoms with Gasteiger partial charge in [-0.1, -0.05) is 0 Å². The number of carboxylic acid groups (broad SMARTS) is 1. The second-order valence-corrected chi connectivity index (χ2v) is 4.19. The number of carboxylic acids is 1. The van der Waals surface area contributed by atoms with E-state index in [1.54, 1.807) is 4.90 Å². The van der Waals surface area contributed by atoms with Crippen LogP contribution in [0.3, 0.4) is 0 Å². The number of ether oxygens (including phenoxy) is 1. The molecule has 1 aliphatic rings. The molecule has 1 aromatic heterocycles. The van der Waals surface area contributed by atoms with Gasteiger partial charge in [0.25, 0.3) is 5.88 Å². The SMILES string of the molecule is O=C(O)C1CCCN(c2nccnc2OC(F)F)C1. The summed E-state index contributed by atoms with van der Waals surface area (Å²) in [5, 5.41) is 9.00. The van der Waals surface area contributed by atoms with Gasteiger partial charge in [0, 0.05) is 25.5 Å². The van der Waals surface area contributed by atoms with E-state index in [4.69, 9.17) is 5.11 Å². The average molecular weight is 273 g/mol. The van der Waals surface area contributed by atoms with Crippen molar-refractivity contribution in [1.29, 1.82) is 0 Å². The minimum atomic E-state index is -2.99. The Balaban J connectivity index is 2.18. The zero-order valence-corrected chi connectivity index (χ0v) is 10.00. The quantitative estimate of drug-likeness (QED) is 0.893. The zero-order chi connectivity index (χ0) is 13.8.